The van der Waals surface area contributed by atoms with E-state index in [-0.39, 0.29) is 17.7 Å². The zero-order chi connectivity index (χ0) is 16.6. The number of carboxylic acid groups (broad SMARTS) is 1. The first kappa shape index (κ1) is 15.5. The SMILES string of the molecule is COC(=O)c1cccc(NC(=O)[C@@H]2[C@@H]3CC[C@H](C3)[C@H]2C(=O)[O-])c1. The molecule has 2 fully saturated rings. The van der Waals surface area contributed by atoms with Crippen molar-refractivity contribution in [1.82, 2.24) is 0 Å². The molecule has 1 amide bonds. The Morgan fingerprint density at radius 3 is 2.52 bits per heavy atom. The lowest BCUT2D eigenvalue weighted by atomic mass is 9.78. The maximum absolute atomic E-state index is 12.6. The van der Waals surface area contributed by atoms with Crippen LogP contribution in [0.5, 0.6) is 0 Å². The van der Waals surface area contributed by atoms with Crippen molar-refractivity contribution in [3.8, 4) is 0 Å². The van der Waals surface area contributed by atoms with E-state index in [2.05, 4.69) is 10.1 Å². The lowest BCUT2D eigenvalue weighted by Crippen LogP contribution is -2.43. The number of amides is 1. The van der Waals surface area contributed by atoms with Gasteiger partial charge in [-0.25, -0.2) is 4.79 Å². The van der Waals surface area contributed by atoms with E-state index in [1.807, 2.05) is 0 Å². The molecule has 1 N–H and O–H groups in total. The summed E-state index contributed by atoms with van der Waals surface area (Å²) in [5.41, 5.74) is 0.785. The molecule has 2 aliphatic rings. The van der Waals surface area contributed by atoms with Gasteiger partial charge in [0.2, 0.25) is 5.91 Å². The Morgan fingerprint density at radius 1 is 1.17 bits per heavy atom. The van der Waals surface area contributed by atoms with Crippen LogP contribution in [0.3, 0.4) is 0 Å². The van der Waals surface area contributed by atoms with Crippen LogP contribution in [-0.2, 0) is 14.3 Å². The minimum Gasteiger partial charge on any atom is -0.550 e. The largest absolute Gasteiger partial charge is 0.550 e. The summed E-state index contributed by atoms with van der Waals surface area (Å²) in [5.74, 6) is -3.06. The number of benzene rings is 1. The maximum atomic E-state index is 12.6. The third-order valence-electron chi connectivity index (χ3n) is 5.04. The highest BCUT2D eigenvalue weighted by Crippen LogP contribution is 2.52. The van der Waals surface area contributed by atoms with Crippen LogP contribution >= 0.6 is 0 Å². The van der Waals surface area contributed by atoms with E-state index < -0.39 is 23.8 Å². The average Bonchev–Trinajstić information content (AvgIpc) is 3.15. The summed E-state index contributed by atoms with van der Waals surface area (Å²) < 4.78 is 4.65. The number of esters is 1. The van der Waals surface area contributed by atoms with Crippen molar-refractivity contribution in [2.24, 2.45) is 23.7 Å². The number of hydrogen-bond acceptors (Lipinski definition) is 5. The van der Waals surface area contributed by atoms with Crippen molar-refractivity contribution < 1.29 is 24.2 Å². The Balaban J connectivity index is 1.77. The lowest BCUT2D eigenvalue weighted by Gasteiger charge is -2.30. The molecule has 0 spiro atoms. The van der Waals surface area contributed by atoms with Gasteiger partial charge in [-0.15, -0.1) is 0 Å². The number of carboxylic acids is 1. The predicted octanol–water partition coefficient (Wildman–Crippen LogP) is 0.824. The first-order valence-corrected chi connectivity index (χ1v) is 7.71. The topological polar surface area (TPSA) is 95.5 Å². The number of fused-ring (bicyclic) bond motifs is 2. The number of rotatable bonds is 4. The van der Waals surface area contributed by atoms with Crippen LogP contribution in [-0.4, -0.2) is 25.0 Å². The highest BCUT2D eigenvalue weighted by molar-refractivity contribution is 5.97. The number of nitrogens with one attached hydrogen (secondary N) is 1. The van der Waals surface area contributed by atoms with Crippen LogP contribution in [0.25, 0.3) is 0 Å². The van der Waals surface area contributed by atoms with Gasteiger partial charge >= 0.3 is 5.97 Å². The van der Waals surface area contributed by atoms with E-state index in [4.69, 9.17) is 0 Å². The molecule has 0 aliphatic heterocycles. The van der Waals surface area contributed by atoms with Gasteiger partial charge in [0.1, 0.15) is 0 Å². The molecule has 0 heterocycles. The van der Waals surface area contributed by atoms with Crippen molar-refractivity contribution in [2.75, 3.05) is 12.4 Å². The molecule has 0 aromatic heterocycles. The van der Waals surface area contributed by atoms with Gasteiger partial charge in [-0.3, -0.25) is 4.79 Å². The third kappa shape index (κ3) is 2.81. The van der Waals surface area contributed by atoms with E-state index in [0.717, 1.165) is 19.3 Å². The van der Waals surface area contributed by atoms with Crippen LogP contribution in [0.4, 0.5) is 5.69 Å². The minimum absolute atomic E-state index is 0.0437. The highest BCUT2D eigenvalue weighted by Gasteiger charge is 2.51. The summed E-state index contributed by atoms with van der Waals surface area (Å²) in [6.45, 7) is 0. The monoisotopic (exact) mass is 316 g/mol. The zero-order valence-corrected chi connectivity index (χ0v) is 12.8. The van der Waals surface area contributed by atoms with Gasteiger partial charge in [-0.1, -0.05) is 6.07 Å². The quantitative estimate of drug-likeness (QED) is 0.830. The number of methoxy groups -OCH3 is 1. The van der Waals surface area contributed by atoms with Crippen molar-refractivity contribution >= 4 is 23.5 Å². The summed E-state index contributed by atoms with van der Waals surface area (Å²) in [6.07, 6.45) is 2.51. The molecule has 0 unspecified atom stereocenters. The van der Waals surface area contributed by atoms with E-state index in [9.17, 15) is 19.5 Å². The number of anilines is 1. The van der Waals surface area contributed by atoms with Crippen molar-refractivity contribution in [2.45, 2.75) is 19.3 Å². The average molecular weight is 316 g/mol. The second-order valence-corrected chi connectivity index (χ2v) is 6.27. The number of carbonyl (C=O) groups excluding carboxylic acids is 3. The first-order chi connectivity index (χ1) is 11.0. The van der Waals surface area contributed by atoms with Crippen LogP contribution in [0, 0.1) is 23.7 Å². The van der Waals surface area contributed by atoms with E-state index in [0.29, 0.717) is 11.3 Å². The van der Waals surface area contributed by atoms with Crippen LogP contribution in [0.2, 0.25) is 0 Å². The van der Waals surface area contributed by atoms with Gasteiger partial charge in [-0.05, 0) is 49.3 Å². The molecule has 4 atom stereocenters. The lowest BCUT2D eigenvalue weighted by molar-refractivity contribution is -0.314. The van der Waals surface area contributed by atoms with Crippen LogP contribution in [0.15, 0.2) is 24.3 Å². The molecular weight excluding hydrogens is 298 g/mol. The number of aliphatic carboxylic acids is 1. The number of ether oxygens (including phenoxy) is 1. The van der Waals surface area contributed by atoms with Crippen molar-refractivity contribution in [3.05, 3.63) is 29.8 Å². The highest BCUT2D eigenvalue weighted by atomic mass is 16.5. The molecule has 3 rings (SSSR count). The fourth-order valence-electron chi connectivity index (χ4n) is 4.08. The second kappa shape index (κ2) is 6.02. The van der Waals surface area contributed by atoms with Gasteiger partial charge in [-0.2, -0.15) is 0 Å². The van der Waals surface area contributed by atoms with Crippen molar-refractivity contribution in [1.29, 1.82) is 0 Å². The minimum atomic E-state index is -1.14. The summed E-state index contributed by atoms with van der Waals surface area (Å²) in [4.78, 5) is 35.5. The Bertz CT molecular complexity index is 656. The fourth-order valence-corrected chi connectivity index (χ4v) is 4.08. The summed E-state index contributed by atoms with van der Waals surface area (Å²) in [5, 5.41) is 14.1. The van der Waals surface area contributed by atoms with Crippen molar-refractivity contribution in [3.63, 3.8) is 0 Å². The molecule has 0 radical (unpaired) electrons. The Kier molecular flexibility index (Phi) is 4.07. The van der Waals surface area contributed by atoms with Gasteiger partial charge in [0.15, 0.2) is 0 Å². The molecule has 0 saturated heterocycles. The molecular formula is C17H18NO5-. The second-order valence-electron chi connectivity index (χ2n) is 6.27. The van der Waals surface area contributed by atoms with E-state index in [1.54, 1.807) is 18.2 Å². The Morgan fingerprint density at radius 2 is 1.87 bits per heavy atom. The summed E-state index contributed by atoms with van der Waals surface area (Å²) >= 11 is 0. The van der Waals surface area contributed by atoms with Crippen LogP contribution < -0.4 is 10.4 Å². The third-order valence-corrected chi connectivity index (χ3v) is 5.04. The molecule has 6 heteroatoms. The van der Waals surface area contributed by atoms with Gasteiger partial charge in [0, 0.05) is 23.5 Å². The molecule has 23 heavy (non-hydrogen) atoms. The van der Waals surface area contributed by atoms with Gasteiger partial charge in [0.05, 0.1) is 12.7 Å². The van der Waals surface area contributed by atoms with Gasteiger partial charge < -0.3 is 20.0 Å². The summed E-state index contributed by atoms with van der Waals surface area (Å²) in [7, 11) is 1.29. The first-order valence-electron chi connectivity index (χ1n) is 7.71. The standard InChI is InChI=1S/C17H19NO5/c1-23-17(22)11-3-2-4-12(8-11)18-15(19)13-9-5-6-10(7-9)14(13)16(20)21/h2-4,8-10,13-14H,5-7H2,1H3,(H,18,19)(H,20,21)/p-1/t9-,10-,13-,14-/m1/s1. The fraction of sp³-hybridized carbons (Fsp3) is 0.471. The summed E-state index contributed by atoms with van der Waals surface area (Å²) in [6, 6.07) is 6.40. The normalized spacial score (nSPS) is 28.4. The number of hydrogen-bond donors (Lipinski definition) is 1. The van der Waals surface area contributed by atoms with Crippen LogP contribution in [0.1, 0.15) is 29.6 Å². The smallest absolute Gasteiger partial charge is 0.337 e. The molecule has 1 aromatic rings. The molecule has 2 aliphatic carbocycles. The van der Waals surface area contributed by atoms with E-state index >= 15 is 0 Å². The van der Waals surface area contributed by atoms with Gasteiger partial charge in [0.25, 0.3) is 0 Å². The molecule has 2 saturated carbocycles. The molecule has 6 nitrogen and oxygen atoms in total. The predicted molar refractivity (Wildman–Crippen MR) is 79.2 cm³/mol. The molecule has 122 valence electrons. The molecule has 1 aromatic carbocycles. The maximum Gasteiger partial charge on any atom is 0.337 e. The molecule has 2 bridgehead atoms. The Hall–Kier alpha value is -2.37. The van der Waals surface area contributed by atoms with E-state index in [1.165, 1.54) is 13.2 Å². The number of carbonyl (C=O) groups is 3. The zero-order valence-electron chi connectivity index (χ0n) is 12.8. The Labute approximate surface area is 133 Å².